The first kappa shape index (κ1) is 9.85. The first-order valence-electron chi connectivity index (χ1n) is 3.92. The lowest BCUT2D eigenvalue weighted by atomic mass is 10.3. The molecule has 7 N–H and O–H groups in total. The molecule has 0 bridgehead atoms. The molecule has 0 aliphatic rings. The van der Waals surface area contributed by atoms with Crippen LogP contribution in [-0.2, 0) is 0 Å². The summed E-state index contributed by atoms with van der Waals surface area (Å²) >= 11 is 0. The maximum Gasteiger partial charge on any atom is 0.214 e. The number of para-hydroxylation sites is 1. The van der Waals surface area contributed by atoms with Gasteiger partial charge < -0.3 is 17.2 Å². The molecule has 1 rings (SSSR count). The van der Waals surface area contributed by atoms with E-state index in [1.54, 1.807) is 0 Å². The summed E-state index contributed by atoms with van der Waals surface area (Å²) in [5.74, 6) is 0.0285. The van der Waals surface area contributed by atoms with E-state index in [0.717, 1.165) is 5.69 Å². The van der Waals surface area contributed by atoms with E-state index in [-0.39, 0.29) is 11.9 Å². The fourth-order valence-electron chi connectivity index (χ4n) is 0.788. The summed E-state index contributed by atoms with van der Waals surface area (Å²) in [6, 6.07) is 9.21. The van der Waals surface area contributed by atoms with Crippen molar-refractivity contribution in [2.45, 2.75) is 0 Å². The average Bonchev–Trinajstić information content (AvgIpc) is 2.16. The lowest BCUT2D eigenvalue weighted by molar-refractivity contribution is 0.994. The van der Waals surface area contributed by atoms with Crippen molar-refractivity contribution < 1.29 is 0 Å². The molecule has 0 fully saturated rings. The minimum atomic E-state index is -0.101. The third-order valence-corrected chi connectivity index (χ3v) is 1.31. The molecule has 14 heavy (non-hydrogen) atoms. The van der Waals surface area contributed by atoms with Crippen LogP contribution in [0.2, 0.25) is 0 Å². The molecular formula is C8H12N6. The second-order valence-corrected chi connectivity index (χ2v) is 2.48. The Kier molecular flexibility index (Phi) is 3.31. The Labute approximate surface area is 81.5 Å². The Morgan fingerprint density at radius 2 is 1.71 bits per heavy atom. The van der Waals surface area contributed by atoms with Crippen molar-refractivity contribution in [2.75, 3.05) is 0 Å². The Hall–Kier alpha value is -2.24. The van der Waals surface area contributed by atoms with Crippen LogP contribution >= 0.6 is 0 Å². The third-order valence-electron chi connectivity index (χ3n) is 1.31. The first-order chi connectivity index (χ1) is 6.68. The standard InChI is InChI=1S/C8H12N6/c9-7(10)13-14-8(11)12-6-4-2-1-3-5-6/h1-5H,(H4,9,10,13)(H3,11,12,14). The predicted octanol–water partition coefficient (Wildman–Crippen LogP) is -0.589. The van der Waals surface area contributed by atoms with E-state index in [4.69, 9.17) is 17.2 Å². The van der Waals surface area contributed by atoms with Crippen molar-refractivity contribution in [1.29, 1.82) is 0 Å². The molecule has 6 nitrogen and oxygen atoms in total. The highest BCUT2D eigenvalue weighted by Crippen LogP contribution is 2.08. The summed E-state index contributed by atoms with van der Waals surface area (Å²) in [7, 11) is 0. The van der Waals surface area contributed by atoms with Crippen LogP contribution in [0.25, 0.3) is 0 Å². The fourth-order valence-corrected chi connectivity index (χ4v) is 0.788. The fraction of sp³-hybridized carbons (Fsp3) is 0. The van der Waals surface area contributed by atoms with Gasteiger partial charge in [-0.1, -0.05) is 18.2 Å². The first-order valence-corrected chi connectivity index (χ1v) is 3.92. The minimum absolute atomic E-state index is 0.101. The van der Waals surface area contributed by atoms with Crippen molar-refractivity contribution in [3.8, 4) is 0 Å². The van der Waals surface area contributed by atoms with E-state index in [2.05, 4.69) is 15.5 Å². The van der Waals surface area contributed by atoms with Crippen LogP contribution in [0.5, 0.6) is 0 Å². The van der Waals surface area contributed by atoms with Crippen LogP contribution in [0.1, 0.15) is 0 Å². The van der Waals surface area contributed by atoms with E-state index in [9.17, 15) is 0 Å². The SMILES string of the molecule is NC(N)=NNC(N)=Nc1ccccc1. The van der Waals surface area contributed by atoms with Gasteiger partial charge in [0.15, 0.2) is 0 Å². The highest BCUT2D eigenvalue weighted by Gasteiger charge is 1.90. The maximum absolute atomic E-state index is 5.47. The highest BCUT2D eigenvalue weighted by atomic mass is 15.4. The van der Waals surface area contributed by atoms with Gasteiger partial charge in [0.1, 0.15) is 0 Å². The number of hydrazone groups is 1. The Bertz CT molecular complexity index is 338. The zero-order valence-electron chi connectivity index (χ0n) is 7.51. The van der Waals surface area contributed by atoms with Crippen molar-refractivity contribution in [2.24, 2.45) is 27.3 Å². The van der Waals surface area contributed by atoms with Gasteiger partial charge in [-0.05, 0) is 12.1 Å². The van der Waals surface area contributed by atoms with Crippen LogP contribution in [0.3, 0.4) is 0 Å². The summed E-state index contributed by atoms with van der Waals surface area (Å²) in [5, 5.41) is 3.49. The number of guanidine groups is 2. The minimum Gasteiger partial charge on any atom is -0.369 e. The van der Waals surface area contributed by atoms with Crippen molar-refractivity contribution in [3.05, 3.63) is 30.3 Å². The van der Waals surface area contributed by atoms with Gasteiger partial charge in [-0.2, -0.15) is 0 Å². The second-order valence-electron chi connectivity index (χ2n) is 2.48. The van der Waals surface area contributed by atoms with Gasteiger partial charge in [-0.15, -0.1) is 5.10 Å². The van der Waals surface area contributed by atoms with Crippen LogP contribution < -0.4 is 22.6 Å². The lowest BCUT2D eigenvalue weighted by Crippen LogP contribution is -2.32. The van der Waals surface area contributed by atoms with E-state index in [1.807, 2.05) is 30.3 Å². The highest BCUT2D eigenvalue weighted by molar-refractivity contribution is 5.83. The van der Waals surface area contributed by atoms with Gasteiger partial charge in [0, 0.05) is 0 Å². The molecule has 0 unspecified atom stereocenters. The largest absolute Gasteiger partial charge is 0.369 e. The molecule has 0 saturated heterocycles. The second kappa shape index (κ2) is 4.70. The van der Waals surface area contributed by atoms with Crippen molar-refractivity contribution >= 4 is 17.6 Å². The molecule has 0 amide bonds. The van der Waals surface area contributed by atoms with Gasteiger partial charge in [0.05, 0.1) is 5.69 Å². The number of rotatable bonds is 2. The third kappa shape index (κ3) is 3.44. The number of aliphatic imine (C=N–C) groups is 1. The molecule has 1 aromatic carbocycles. The molecular weight excluding hydrogens is 180 g/mol. The van der Waals surface area contributed by atoms with Crippen LogP contribution in [0.15, 0.2) is 40.4 Å². The maximum atomic E-state index is 5.47. The Morgan fingerprint density at radius 3 is 2.29 bits per heavy atom. The van der Waals surface area contributed by atoms with Gasteiger partial charge in [0.25, 0.3) is 0 Å². The zero-order valence-corrected chi connectivity index (χ0v) is 7.51. The topological polar surface area (TPSA) is 115 Å². The number of hydrogen-bond donors (Lipinski definition) is 4. The molecule has 0 atom stereocenters. The van der Waals surface area contributed by atoms with Crippen molar-refractivity contribution in [3.63, 3.8) is 0 Å². The van der Waals surface area contributed by atoms with E-state index >= 15 is 0 Å². The lowest BCUT2D eigenvalue weighted by Gasteiger charge is -1.99. The monoisotopic (exact) mass is 192 g/mol. The van der Waals surface area contributed by atoms with Crippen molar-refractivity contribution in [1.82, 2.24) is 5.43 Å². The summed E-state index contributed by atoms with van der Waals surface area (Å²) in [6.45, 7) is 0. The molecule has 6 heteroatoms. The van der Waals surface area contributed by atoms with Crippen LogP contribution in [0, 0.1) is 0 Å². The molecule has 0 saturated carbocycles. The Morgan fingerprint density at radius 1 is 1.07 bits per heavy atom. The van der Waals surface area contributed by atoms with Gasteiger partial charge in [0.2, 0.25) is 11.9 Å². The molecule has 0 aliphatic heterocycles. The van der Waals surface area contributed by atoms with E-state index in [0.29, 0.717) is 0 Å². The summed E-state index contributed by atoms with van der Waals surface area (Å²) in [5.41, 5.74) is 18.8. The number of hydrogen-bond acceptors (Lipinski definition) is 2. The van der Waals surface area contributed by atoms with E-state index in [1.165, 1.54) is 0 Å². The van der Waals surface area contributed by atoms with Crippen LogP contribution in [-0.4, -0.2) is 11.9 Å². The average molecular weight is 192 g/mol. The van der Waals surface area contributed by atoms with Crippen LogP contribution in [0.4, 0.5) is 5.69 Å². The molecule has 0 aromatic heterocycles. The normalized spacial score (nSPS) is 10.7. The molecule has 1 aromatic rings. The summed E-state index contributed by atoms with van der Waals surface area (Å²) < 4.78 is 0. The quantitative estimate of drug-likeness (QED) is 0.285. The van der Waals surface area contributed by atoms with Gasteiger partial charge in [-0.3, -0.25) is 0 Å². The number of nitrogens with two attached hydrogens (primary N) is 3. The van der Waals surface area contributed by atoms with Gasteiger partial charge >= 0.3 is 0 Å². The molecule has 74 valence electrons. The summed E-state index contributed by atoms with van der Waals surface area (Å²) in [4.78, 5) is 4.00. The van der Waals surface area contributed by atoms with E-state index < -0.39 is 0 Å². The number of benzene rings is 1. The number of nitrogens with zero attached hydrogens (tertiary/aromatic N) is 2. The Balaban J connectivity index is 2.65. The summed E-state index contributed by atoms with van der Waals surface area (Å²) in [6.07, 6.45) is 0. The van der Waals surface area contributed by atoms with Gasteiger partial charge in [-0.25, -0.2) is 10.4 Å². The zero-order chi connectivity index (χ0) is 10.4. The molecule has 0 aliphatic carbocycles. The smallest absolute Gasteiger partial charge is 0.214 e. The number of nitrogens with one attached hydrogen (secondary N) is 1. The molecule has 0 spiro atoms. The molecule has 0 radical (unpaired) electrons. The molecule has 0 heterocycles. The predicted molar refractivity (Wildman–Crippen MR) is 56.7 cm³/mol.